The van der Waals surface area contributed by atoms with Crippen molar-refractivity contribution >= 4 is 11.9 Å². The number of benzene rings is 1. The van der Waals surface area contributed by atoms with Crippen LogP contribution in [0.2, 0.25) is 0 Å². The molecule has 0 aliphatic rings. The van der Waals surface area contributed by atoms with Crippen molar-refractivity contribution in [2.45, 2.75) is 26.2 Å². The minimum atomic E-state index is -0.925. The van der Waals surface area contributed by atoms with E-state index in [2.05, 4.69) is 6.92 Å². The SMILES string of the molecule is CCCCN(C)C(=O)c1ccccc1CC(=O)O. The van der Waals surface area contributed by atoms with E-state index in [1.807, 2.05) is 0 Å². The molecule has 0 atom stereocenters. The Morgan fingerprint density at radius 2 is 1.94 bits per heavy atom. The fourth-order valence-corrected chi connectivity index (χ4v) is 1.75. The summed E-state index contributed by atoms with van der Waals surface area (Å²) in [5, 5.41) is 8.83. The number of hydrogen-bond donors (Lipinski definition) is 1. The normalized spacial score (nSPS) is 10.1. The second-order valence-corrected chi connectivity index (χ2v) is 4.31. The van der Waals surface area contributed by atoms with E-state index in [0.29, 0.717) is 17.7 Å². The molecule has 0 spiro atoms. The maximum atomic E-state index is 12.2. The van der Waals surface area contributed by atoms with Gasteiger partial charge in [0.25, 0.3) is 5.91 Å². The van der Waals surface area contributed by atoms with Crippen LogP contribution >= 0.6 is 0 Å². The molecule has 0 unspecified atom stereocenters. The summed E-state index contributed by atoms with van der Waals surface area (Å²) in [6, 6.07) is 6.88. The first-order valence-corrected chi connectivity index (χ1v) is 6.11. The maximum Gasteiger partial charge on any atom is 0.307 e. The van der Waals surface area contributed by atoms with Crippen LogP contribution in [-0.2, 0) is 11.2 Å². The van der Waals surface area contributed by atoms with Gasteiger partial charge in [-0.25, -0.2) is 0 Å². The van der Waals surface area contributed by atoms with Crippen LogP contribution in [0, 0.1) is 0 Å². The fraction of sp³-hybridized carbons (Fsp3) is 0.429. The van der Waals surface area contributed by atoms with Crippen molar-refractivity contribution in [3.05, 3.63) is 35.4 Å². The summed E-state index contributed by atoms with van der Waals surface area (Å²) in [5.74, 6) is -1.04. The molecule has 0 saturated heterocycles. The zero-order chi connectivity index (χ0) is 13.5. The highest BCUT2D eigenvalue weighted by Gasteiger charge is 2.16. The van der Waals surface area contributed by atoms with E-state index in [0.717, 1.165) is 12.8 Å². The van der Waals surface area contributed by atoms with Crippen molar-refractivity contribution in [1.29, 1.82) is 0 Å². The minimum absolute atomic E-state index is 0.111. The number of unbranched alkanes of at least 4 members (excludes halogenated alkanes) is 1. The van der Waals surface area contributed by atoms with Gasteiger partial charge in [0.2, 0.25) is 0 Å². The molecular weight excluding hydrogens is 230 g/mol. The molecule has 0 fully saturated rings. The van der Waals surface area contributed by atoms with E-state index >= 15 is 0 Å². The summed E-state index contributed by atoms with van der Waals surface area (Å²) in [5.41, 5.74) is 1.05. The van der Waals surface area contributed by atoms with E-state index in [1.54, 1.807) is 36.2 Å². The van der Waals surface area contributed by atoms with Crippen molar-refractivity contribution in [1.82, 2.24) is 4.90 Å². The molecule has 0 heterocycles. The van der Waals surface area contributed by atoms with Crippen LogP contribution in [-0.4, -0.2) is 35.5 Å². The highest BCUT2D eigenvalue weighted by Crippen LogP contribution is 2.12. The van der Waals surface area contributed by atoms with Crippen LogP contribution < -0.4 is 0 Å². The highest BCUT2D eigenvalue weighted by molar-refractivity contribution is 5.96. The third-order valence-electron chi connectivity index (χ3n) is 2.78. The first-order valence-electron chi connectivity index (χ1n) is 6.11. The highest BCUT2D eigenvalue weighted by atomic mass is 16.4. The number of carboxylic acid groups (broad SMARTS) is 1. The zero-order valence-electron chi connectivity index (χ0n) is 10.8. The smallest absolute Gasteiger partial charge is 0.307 e. The number of aliphatic carboxylic acids is 1. The molecule has 1 amide bonds. The topological polar surface area (TPSA) is 57.6 Å². The molecule has 0 saturated carbocycles. The summed E-state index contributed by atoms with van der Waals surface area (Å²) in [4.78, 5) is 24.6. The molecule has 0 radical (unpaired) electrons. The van der Waals surface area contributed by atoms with Crippen LogP contribution in [0.15, 0.2) is 24.3 Å². The van der Waals surface area contributed by atoms with E-state index in [1.165, 1.54) is 0 Å². The van der Waals surface area contributed by atoms with Gasteiger partial charge in [0, 0.05) is 19.2 Å². The van der Waals surface area contributed by atoms with Crippen LogP contribution in [0.3, 0.4) is 0 Å². The molecule has 1 aromatic carbocycles. The molecule has 98 valence electrons. The summed E-state index contributed by atoms with van der Waals surface area (Å²) < 4.78 is 0. The van der Waals surface area contributed by atoms with Crippen molar-refractivity contribution in [3.63, 3.8) is 0 Å². The lowest BCUT2D eigenvalue weighted by molar-refractivity contribution is -0.136. The van der Waals surface area contributed by atoms with Crippen LogP contribution in [0.5, 0.6) is 0 Å². The Hall–Kier alpha value is -1.84. The fourth-order valence-electron chi connectivity index (χ4n) is 1.75. The number of carbonyl (C=O) groups is 2. The Morgan fingerprint density at radius 1 is 1.28 bits per heavy atom. The Kier molecular flexibility index (Phi) is 5.36. The largest absolute Gasteiger partial charge is 0.481 e. The predicted molar refractivity (Wildman–Crippen MR) is 69.7 cm³/mol. The number of carbonyl (C=O) groups excluding carboxylic acids is 1. The first-order chi connectivity index (χ1) is 8.56. The van der Waals surface area contributed by atoms with Gasteiger partial charge < -0.3 is 10.0 Å². The zero-order valence-corrected chi connectivity index (χ0v) is 10.8. The third-order valence-corrected chi connectivity index (χ3v) is 2.78. The van der Waals surface area contributed by atoms with Gasteiger partial charge in [-0.2, -0.15) is 0 Å². The summed E-state index contributed by atoms with van der Waals surface area (Å²) in [6.45, 7) is 2.76. The number of hydrogen-bond acceptors (Lipinski definition) is 2. The average molecular weight is 249 g/mol. The van der Waals surface area contributed by atoms with Gasteiger partial charge in [-0.3, -0.25) is 9.59 Å². The van der Waals surface area contributed by atoms with E-state index in [9.17, 15) is 9.59 Å². The lowest BCUT2D eigenvalue weighted by atomic mass is 10.0. The van der Waals surface area contributed by atoms with E-state index in [-0.39, 0.29) is 12.3 Å². The molecule has 0 aromatic heterocycles. The lowest BCUT2D eigenvalue weighted by Gasteiger charge is -2.18. The minimum Gasteiger partial charge on any atom is -0.481 e. The third kappa shape index (κ3) is 3.87. The average Bonchev–Trinajstić information content (AvgIpc) is 2.35. The molecule has 1 rings (SSSR count). The van der Waals surface area contributed by atoms with Crippen molar-refractivity contribution in [2.24, 2.45) is 0 Å². The Labute approximate surface area is 107 Å². The van der Waals surface area contributed by atoms with Crippen LogP contribution in [0.1, 0.15) is 35.7 Å². The quantitative estimate of drug-likeness (QED) is 0.840. The molecule has 4 nitrogen and oxygen atoms in total. The Bertz CT molecular complexity index is 429. The predicted octanol–water partition coefficient (Wildman–Crippen LogP) is 2.19. The summed E-state index contributed by atoms with van der Waals surface area (Å²) >= 11 is 0. The standard InChI is InChI=1S/C14H19NO3/c1-3-4-9-15(2)14(18)12-8-6-5-7-11(12)10-13(16)17/h5-8H,3-4,9-10H2,1-2H3,(H,16,17). The van der Waals surface area contributed by atoms with E-state index < -0.39 is 5.97 Å². The Balaban J connectivity index is 2.87. The van der Waals surface area contributed by atoms with Crippen molar-refractivity contribution in [3.8, 4) is 0 Å². The molecule has 0 bridgehead atoms. The van der Waals surface area contributed by atoms with Gasteiger partial charge in [-0.15, -0.1) is 0 Å². The number of rotatable bonds is 6. The summed E-state index contributed by atoms with van der Waals surface area (Å²) in [6.07, 6.45) is 1.85. The number of nitrogens with zero attached hydrogens (tertiary/aromatic N) is 1. The Morgan fingerprint density at radius 3 is 2.56 bits per heavy atom. The lowest BCUT2D eigenvalue weighted by Crippen LogP contribution is -2.28. The summed E-state index contributed by atoms with van der Waals surface area (Å²) in [7, 11) is 1.75. The number of carboxylic acids is 1. The van der Waals surface area contributed by atoms with Crippen LogP contribution in [0.4, 0.5) is 0 Å². The van der Waals surface area contributed by atoms with Gasteiger partial charge >= 0.3 is 5.97 Å². The van der Waals surface area contributed by atoms with Gasteiger partial charge in [-0.1, -0.05) is 31.5 Å². The van der Waals surface area contributed by atoms with Crippen molar-refractivity contribution < 1.29 is 14.7 Å². The molecule has 0 aliphatic carbocycles. The number of amides is 1. The van der Waals surface area contributed by atoms with Gasteiger partial charge in [0.1, 0.15) is 0 Å². The van der Waals surface area contributed by atoms with Crippen LogP contribution in [0.25, 0.3) is 0 Å². The van der Waals surface area contributed by atoms with Gasteiger partial charge in [0.05, 0.1) is 6.42 Å². The molecular formula is C14H19NO3. The van der Waals surface area contributed by atoms with Crippen molar-refractivity contribution in [2.75, 3.05) is 13.6 Å². The molecule has 1 aromatic rings. The van der Waals surface area contributed by atoms with E-state index in [4.69, 9.17) is 5.11 Å². The maximum absolute atomic E-state index is 12.2. The second kappa shape index (κ2) is 6.79. The first kappa shape index (κ1) is 14.2. The second-order valence-electron chi connectivity index (χ2n) is 4.31. The van der Waals surface area contributed by atoms with Gasteiger partial charge in [-0.05, 0) is 18.1 Å². The molecule has 4 heteroatoms. The molecule has 1 N–H and O–H groups in total. The molecule has 0 aliphatic heterocycles. The van der Waals surface area contributed by atoms with Gasteiger partial charge in [0.15, 0.2) is 0 Å². The molecule has 18 heavy (non-hydrogen) atoms. The monoisotopic (exact) mass is 249 g/mol.